The summed E-state index contributed by atoms with van der Waals surface area (Å²) in [6.07, 6.45) is 6.25. The monoisotopic (exact) mass is 391 g/mol. The van der Waals surface area contributed by atoms with Gasteiger partial charge in [-0.05, 0) is 43.5 Å². The minimum atomic E-state index is -1.03. The second-order valence-electron chi connectivity index (χ2n) is 7.98. The maximum absolute atomic E-state index is 12.1. The van der Waals surface area contributed by atoms with E-state index in [9.17, 15) is 9.90 Å². The third-order valence-electron chi connectivity index (χ3n) is 5.02. The summed E-state index contributed by atoms with van der Waals surface area (Å²) in [4.78, 5) is 19.8. The second kappa shape index (κ2) is 7.86. The summed E-state index contributed by atoms with van der Waals surface area (Å²) >= 11 is 6.32. The summed E-state index contributed by atoms with van der Waals surface area (Å²) in [5.41, 5.74) is 1.05. The van der Waals surface area contributed by atoms with Gasteiger partial charge in [-0.3, -0.25) is 14.8 Å². The van der Waals surface area contributed by atoms with Crippen LogP contribution in [0.25, 0.3) is 5.69 Å². The number of aromatic nitrogens is 3. The number of rotatable bonds is 5. The quantitative estimate of drug-likeness (QED) is 0.836. The number of anilines is 1. The lowest BCUT2D eigenvalue weighted by atomic mass is 9.85. The number of carbonyl (C=O) groups is 1. The highest BCUT2D eigenvalue weighted by molar-refractivity contribution is 6.32. The van der Waals surface area contributed by atoms with Crippen molar-refractivity contribution in [2.75, 3.05) is 24.5 Å². The molecule has 0 radical (unpaired) electrons. The van der Waals surface area contributed by atoms with Crippen molar-refractivity contribution < 1.29 is 9.90 Å². The molecule has 8 heteroatoms. The van der Waals surface area contributed by atoms with E-state index in [1.54, 1.807) is 29.3 Å². The van der Waals surface area contributed by atoms with E-state index >= 15 is 0 Å². The van der Waals surface area contributed by atoms with Gasteiger partial charge in [-0.1, -0.05) is 32.4 Å². The van der Waals surface area contributed by atoms with E-state index in [0.717, 1.165) is 31.6 Å². The van der Waals surface area contributed by atoms with Gasteiger partial charge < -0.3 is 5.11 Å². The molecule has 3 heterocycles. The van der Waals surface area contributed by atoms with E-state index in [1.807, 2.05) is 6.07 Å². The van der Waals surface area contributed by atoms with Gasteiger partial charge in [0.05, 0.1) is 18.1 Å². The molecule has 3 rings (SSSR count). The molecule has 1 atom stereocenters. The number of halogens is 1. The molecule has 1 amide bonds. The normalized spacial score (nSPS) is 16.4. The third-order valence-corrected chi connectivity index (χ3v) is 5.29. The zero-order chi connectivity index (χ0) is 19.6. The second-order valence-corrected chi connectivity index (χ2v) is 8.34. The van der Waals surface area contributed by atoms with Crippen LogP contribution in [-0.2, 0) is 0 Å². The molecule has 0 saturated carbocycles. The number of carboxylic acid groups (broad SMARTS) is 1. The van der Waals surface area contributed by atoms with E-state index < -0.39 is 6.09 Å². The molecule has 1 unspecified atom stereocenters. The minimum Gasteiger partial charge on any atom is -0.465 e. The highest BCUT2D eigenvalue weighted by Gasteiger charge is 2.36. The molecule has 27 heavy (non-hydrogen) atoms. The predicted octanol–water partition coefficient (Wildman–Crippen LogP) is 3.92. The molecule has 1 fully saturated rings. The SMILES string of the molecule is CC(C)(C)C(CN(C(=O)O)c1cn(-c2cccnc2)nc1Cl)N1CCCC1. The van der Waals surface area contributed by atoms with Crippen molar-refractivity contribution in [3.05, 3.63) is 35.9 Å². The first-order valence-corrected chi connectivity index (χ1v) is 9.55. The molecular weight excluding hydrogens is 366 g/mol. The first-order chi connectivity index (χ1) is 12.8. The first-order valence-electron chi connectivity index (χ1n) is 9.17. The first kappa shape index (κ1) is 19.6. The lowest BCUT2D eigenvalue weighted by molar-refractivity contribution is 0.126. The summed E-state index contributed by atoms with van der Waals surface area (Å²) in [7, 11) is 0. The van der Waals surface area contributed by atoms with Crippen molar-refractivity contribution in [1.29, 1.82) is 0 Å². The highest BCUT2D eigenvalue weighted by Crippen LogP contribution is 2.32. The van der Waals surface area contributed by atoms with Crippen molar-refractivity contribution in [2.24, 2.45) is 5.41 Å². The Morgan fingerprint density at radius 1 is 1.37 bits per heavy atom. The van der Waals surface area contributed by atoms with Crippen LogP contribution in [0.15, 0.2) is 30.7 Å². The summed E-state index contributed by atoms with van der Waals surface area (Å²) < 4.78 is 1.56. The van der Waals surface area contributed by atoms with Crippen LogP contribution in [0.1, 0.15) is 33.6 Å². The number of pyridine rings is 1. The molecule has 0 aliphatic carbocycles. The van der Waals surface area contributed by atoms with Crippen molar-refractivity contribution >= 4 is 23.4 Å². The third kappa shape index (κ3) is 4.42. The molecule has 1 aliphatic heterocycles. The van der Waals surface area contributed by atoms with Crippen molar-refractivity contribution in [2.45, 2.75) is 39.7 Å². The molecule has 0 spiro atoms. The number of likely N-dealkylation sites (tertiary alicyclic amines) is 1. The van der Waals surface area contributed by atoms with Gasteiger partial charge in [-0.15, -0.1) is 0 Å². The Morgan fingerprint density at radius 3 is 2.63 bits per heavy atom. The Bertz CT molecular complexity index is 781. The molecule has 0 bridgehead atoms. The Hall–Kier alpha value is -2.12. The van der Waals surface area contributed by atoms with Crippen molar-refractivity contribution in [3.63, 3.8) is 0 Å². The summed E-state index contributed by atoms with van der Waals surface area (Å²) in [6.45, 7) is 8.79. The van der Waals surface area contributed by atoms with Gasteiger partial charge in [0, 0.05) is 18.8 Å². The summed E-state index contributed by atoms with van der Waals surface area (Å²) in [5, 5.41) is 14.3. The Labute approximate surface area is 164 Å². The Kier molecular flexibility index (Phi) is 5.72. The standard InChI is InChI=1S/C19H26ClN5O2/c1-19(2,3)16(23-9-4-5-10-23)13-24(18(26)27)15-12-25(22-17(15)20)14-7-6-8-21-11-14/h6-8,11-12,16H,4-5,9-10,13H2,1-3H3,(H,26,27). The van der Waals surface area contributed by atoms with Gasteiger partial charge in [0.25, 0.3) is 0 Å². The van der Waals surface area contributed by atoms with Gasteiger partial charge in [0.1, 0.15) is 5.69 Å². The lowest BCUT2D eigenvalue weighted by Gasteiger charge is -2.40. The summed E-state index contributed by atoms with van der Waals surface area (Å²) in [5.74, 6) is 0. The van der Waals surface area contributed by atoms with Crippen LogP contribution < -0.4 is 4.90 Å². The maximum atomic E-state index is 12.1. The van der Waals surface area contributed by atoms with E-state index in [4.69, 9.17) is 11.6 Å². The van der Waals surface area contributed by atoms with E-state index in [2.05, 4.69) is 35.8 Å². The molecule has 146 valence electrons. The van der Waals surface area contributed by atoms with Gasteiger partial charge in [0.15, 0.2) is 5.15 Å². The largest absolute Gasteiger partial charge is 0.465 e. The van der Waals surface area contributed by atoms with Crippen LogP contribution in [0.5, 0.6) is 0 Å². The average Bonchev–Trinajstić information content (AvgIpc) is 3.25. The molecule has 2 aromatic heterocycles. The zero-order valence-corrected chi connectivity index (χ0v) is 16.7. The van der Waals surface area contributed by atoms with Crippen molar-refractivity contribution in [3.8, 4) is 5.69 Å². The maximum Gasteiger partial charge on any atom is 0.412 e. The summed E-state index contributed by atoms with van der Waals surface area (Å²) in [6, 6.07) is 3.73. The molecule has 1 aliphatic rings. The van der Waals surface area contributed by atoms with E-state index in [1.165, 1.54) is 4.90 Å². The zero-order valence-electron chi connectivity index (χ0n) is 16.0. The fourth-order valence-corrected chi connectivity index (χ4v) is 3.82. The average molecular weight is 392 g/mol. The van der Waals surface area contributed by atoms with Gasteiger partial charge in [-0.25, -0.2) is 9.48 Å². The molecule has 1 N–H and O–H groups in total. The van der Waals surface area contributed by atoms with Crippen LogP contribution >= 0.6 is 11.6 Å². The van der Waals surface area contributed by atoms with Crippen molar-refractivity contribution in [1.82, 2.24) is 19.7 Å². The van der Waals surface area contributed by atoms with E-state index in [-0.39, 0.29) is 16.6 Å². The van der Waals surface area contributed by atoms with E-state index in [0.29, 0.717) is 12.2 Å². The number of nitrogens with zero attached hydrogens (tertiary/aromatic N) is 5. The van der Waals surface area contributed by atoms with Gasteiger partial charge >= 0.3 is 6.09 Å². The van der Waals surface area contributed by atoms with Gasteiger partial charge in [-0.2, -0.15) is 5.10 Å². The molecule has 7 nitrogen and oxygen atoms in total. The van der Waals surface area contributed by atoms with Crippen LogP contribution in [0, 0.1) is 5.41 Å². The smallest absolute Gasteiger partial charge is 0.412 e. The molecule has 1 saturated heterocycles. The fourth-order valence-electron chi connectivity index (χ4n) is 3.59. The van der Waals surface area contributed by atoms with Crippen LogP contribution in [0.3, 0.4) is 0 Å². The number of hydrogen-bond acceptors (Lipinski definition) is 4. The predicted molar refractivity (Wildman–Crippen MR) is 106 cm³/mol. The van der Waals surface area contributed by atoms with Crippen LogP contribution in [0.2, 0.25) is 5.15 Å². The number of amides is 1. The molecular formula is C19H26ClN5O2. The topological polar surface area (TPSA) is 74.5 Å². The Morgan fingerprint density at radius 2 is 2.07 bits per heavy atom. The van der Waals surface area contributed by atoms with Crippen LogP contribution in [-0.4, -0.2) is 56.5 Å². The highest BCUT2D eigenvalue weighted by atomic mass is 35.5. The molecule has 2 aromatic rings. The minimum absolute atomic E-state index is 0.0656. The molecule has 0 aromatic carbocycles. The lowest BCUT2D eigenvalue weighted by Crippen LogP contribution is -2.51. The van der Waals surface area contributed by atoms with Crippen LogP contribution in [0.4, 0.5) is 10.5 Å². The number of hydrogen-bond donors (Lipinski definition) is 1. The Balaban J connectivity index is 1.91. The van der Waals surface area contributed by atoms with Gasteiger partial charge in [0.2, 0.25) is 0 Å². The fraction of sp³-hybridized carbons (Fsp3) is 0.526.